The lowest BCUT2D eigenvalue weighted by molar-refractivity contribution is 0.464. The Morgan fingerprint density at radius 3 is 2.38 bits per heavy atom. The summed E-state index contributed by atoms with van der Waals surface area (Å²) >= 11 is 1.63. The van der Waals surface area contributed by atoms with E-state index in [0.29, 0.717) is 0 Å². The summed E-state index contributed by atoms with van der Waals surface area (Å²) in [6.45, 7) is 0. The van der Waals surface area contributed by atoms with Crippen LogP contribution in [0, 0.1) is 0 Å². The maximum absolute atomic E-state index is 11.1. The highest BCUT2D eigenvalue weighted by Gasteiger charge is 2.01. The van der Waals surface area contributed by atoms with Gasteiger partial charge in [-0.15, -0.1) is 11.8 Å². The van der Waals surface area contributed by atoms with E-state index in [-0.39, 0.29) is 5.75 Å². The van der Waals surface area contributed by atoms with E-state index in [1.165, 1.54) is 22.8 Å². The maximum Gasteiger partial charge on any atom is 0.290 e. The molecule has 0 saturated carbocycles. The van der Waals surface area contributed by atoms with Crippen molar-refractivity contribution in [1.82, 2.24) is 4.98 Å². The predicted molar refractivity (Wildman–Crippen MR) is 99.7 cm³/mol. The van der Waals surface area contributed by atoms with Gasteiger partial charge in [0.2, 0.25) is 0 Å². The molecule has 1 heterocycles. The number of benzene rings is 2. The van der Waals surface area contributed by atoms with Crippen molar-refractivity contribution in [1.29, 1.82) is 0 Å². The molecule has 0 fully saturated rings. The zero-order chi connectivity index (χ0) is 16.8. The number of hydrogen-bond acceptors (Lipinski definition) is 3. The molecule has 0 aliphatic rings. The predicted octanol–water partition coefficient (Wildman–Crippen LogP) is 4.47. The van der Waals surface area contributed by atoms with Gasteiger partial charge in [-0.25, -0.2) is 0 Å². The first-order chi connectivity index (χ1) is 11.7. The Hall–Kier alpha value is -2.46. The lowest BCUT2D eigenvalue weighted by Crippen LogP contribution is -2.03. The van der Waals surface area contributed by atoms with E-state index >= 15 is 0 Å². The zero-order valence-corrected chi connectivity index (χ0v) is 14.1. The largest absolute Gasteiger partial charge is 0.503 e. The molecule has 0 radical (unpaired) electrons. The van der Waals surface area contributed by atoms with Gasteiger partial charge in [-0.3, -0.25) is 4.79 Å². The molecule has 0 unspecified atom stereocenters. The Bertz CT molecular complexity index is 842. The number of hydrogen-bond donors (Lipinski definition) is 2. The fourth-order valence-corrected chi connectivity index (χ4v) is 3.36. The molecule has 4 heteroatoms. The van der Waals surface area contributed by atoms with Gasteiger partial charge in [0.15, 0.2) is 5.75 Å². The van der Waals surface area contributed by atoms with E-state index < -0.39 is 5.56 Å². The van der Waals surface area contributed by atoms with Crippen molar-refractivity contribution < 1.29 is 5.11 Å². The Kier molecular flexibility index (Phi) is 5.39. The van der Waals surface area contributed by atoms with Crippen LogP contribution in [0.15, 0.2) is 76.6 Å². The van der Waals surface area contributed by atoms with Crippen molar-refractivity contribution in [2.45, 2.75) is 17.7 Å². The molecule has 1 aromatic heterocycles. The number of rotatable bonds is 6. The third kappa shape index (κ3) is 4.30. The minimum atomic E-state index is -0.446. The number of aromatic amines is 1. The molecule has 2 N–H and O–H groups in total. The first-order valence-corrected chi connectivity index (χ1v) is 8.90. The van der Waals surface area contributed by atoms with E-state index in [4.69, 9.17) is 0 Å². The van der Waals surface area contributed by atoms with Crippen LogP contribution < -0.4 is 5.56 Å². The van der Waals surface area contributed by atoms with E-state index in [1.807, 2.05) is 6.07 Å². The molecule has 0 aliphatic heterocycles. The lowest BCUT2D eigenvalue weighted by Gasteiger charge is -2.05. The summed E-state index contributed by atoms with van der Waals surface area (Å²) in [4.78, 5) is 14.5. The molecule has 0 amide bonds. The molecule has 0 saturated heterocycles. The number of pyridine rings is 1. The average molecular weight is 337 g/mol. The van der Waals surface area contributed by atoms with Gasteiger partial charge < -0.3 is 10.1 Å². The number of aromatic nitrogens is 1. The van der Waals surface area contributed by atoms with Crippen molar-refractivity contribution in [3.63, 3.8) is 0 Å². The van der Waals surface area contributed by atoms with Crippen molar-refractivity contribution >= 4 is 11.8 Å². The summed E-state index contributed by atoms with van der Waals surface area (Å²) in [6.07, 6.45) is 3.69. The summed E-state index contributed by atoms with van der Waals surface area (Å²) in [7, 11) is 0. The number of aryl methyl sites for hydroxylation is 1. The second-order valence-corrected chi connectivity index (χ2v) is 6.73. The summed E-state index contributed by atoms with van der Waals surface area (Å²) in [5.41, 5.74) is 3.34. The first-order valence-electron chi connectivity index (χ1n) is 7.91. The molecule has 0 spiro atoms. The van der Waals surface area contributed by atoms with E-state index in [9.17, 15) is 9.90 Å². The molecule has 122 valence electrons. The SMILES string of the molecule is O=c1[nH]cc(SCCCc2ccc(-c3ccccc3)cc2)cc1O. The van der Waals surface area contributed by atoms with Crippen LogP contribution in [0.2, 0.25) is 0 Å². The van der Waals surface area contributed by atoms with Crippen LogP contribution in [-0.2, 0) is 6.42 Å². The van der Waals surface area contributed by atoms with Crippen molar-refractivity contribution in [2.75, 3.05) is 5.75 Å². The highest BCUT2D eigenvalue weighted by Crippen LogP contribution is 2.22. The van der Waals surface area contributed by atoms with Crippen molar-refractivity contribution in [3.8, 4) is 16.9 Å². The van der Waals surface area contributed by atoms with E-state index in [2.05, 4.69) is 53.5 Å². The van der Waals surface area contributed by atoms with Crippen LogP contribution in [0.3, 0.4) is 0 Å². The summed E-state index contributed by atoms with van der Waals surface area (Å²) < 4.78 is 0. The van der Waals surface area contributed by atoms with Crippen LogP contribution in [0.5, 0.6) is 5.75 Å². The first kappa shape index (κ1) is 16.4. The summed E-state index contributed by atoms with van der Waals surface area (Å²) in [5.74, 6) is 0.711. The fraction of sp³-hybridized carbons (Fsp3) is 0.150. The van der Waals surface area contributed by atoms with Gasteiger partial charge in [0, 0.05) is 17.2 Å². The normalized spacial score (nSPS) is 10.7. The third-order valence-corrected chi connectivity index (χ3v) is 4.86. The van der Waals surface area contributed by atoms with Crippen LogP contribution in [0.1, 0.15) is 12.0 Å². The minimum absolute atomic E-state index is 0.225. The fourth-order valence-electron chi connectivity index (χ4n) is 2.50. The Morgan fingerprint density at radius 1 is 0.958 bits per heavy atom. The highest BCUT2D eigenvalue weighted by atomic mass is 32.2. The summed E-state index contributed by atoms with van der Waals surface area (Å²) in [6, 6.07) is 20.6. The van der Waals surface area contributed by atoms with E-state index in [0.717, 1.165) is 23.5 Å². The van der Waals surface area contributed by atoms with Gasteiger partial charge in [-0.2, -0.15) is 0 Å². The summed E-state index contributed by atoms with van der Waals surface area (Å²) in [5, 5.41) is 9.40. The number of thioether (sulfide) groups is 1. The Balaban J connectivity index is 1.50. The highest BCUT2D eigenvalue weighted by molar-refractivity contribution is 7.99. The topological polar surface area (TPSA) is 53.1 Å². The second kappa shape index (κ2) is 7.88. The van der Waals surface area contributed by atoms with E-state index in [1.54, 1.807) is 18.0 Å². The molecule has 3 aromatic rings. The molecule has 3 nitrogen and oxygen atoms in total. The molecule has 3 rings (SSSR count). The standard InChI is InChI=1S/C20H19NO2S/c22-19-13-18(14-21-20(19)23)24-12-4-5-15-8-10-17(11-9-15)16-6-2-1-3-7-16/h1-3,6-11,13-14,22H,4-5,12H2,(H,21,23). The molecule has 0 aliphatic carbocycles. The van der Waals surface area contributed by atoms with Crippen molar-refractivity contribution in [2.24, 2.45) is 0 Å². The molecular formula is C20H19NO2S. The van der Waals surface area contributed by atoms with Gasteiger partial charge in [0.1, 0.15) is 0 Å². The zero-order valence-electron chi connectivity index (χ0n) is 13.2. The van der Waals surface area contributed by atoms with Gasteiger partial charge in [-0.05, 0) is 35.3 Å². The molecular weight excluding hydrogens is 318 g/mol. The van der Waals surface area contributed by atoms with Crippen LogP contribution in [-0.4, -0.2) is 15.8 Å². The van der Waals surface area contributed by atoms with Gasteiger partial charge in [-0.1, -0.05) is 54.6 Å². The Morgan fingerprint density at radius 2 is 1.67 bits per heavy atom. The third-order valence-electron chi connectivity index (χ3n) is 3.80. The molecule has 24 heavy (non-hydrogen) atoms. The van der Waals surface area contributed by atoms with Crippen LogP contribution in [0.4, 0.5) is 0 Å². The quantitative estimate of drug-likeness (QED) is 0.515. The smallest absolute Gasteiger partial charge is 0.290 e. The molecule has 0 bridgehead atoms. The van der Waals surface area contributed by atoms with Crippen molar-refractivity contribution in [3.05, 3.63) is 82.8 Å². The van der Waals surface area contributed by atoms with Crippen LogP contribution >= 0.6 is 11.8 Å². The minimum Gasteiger partial charge on any atom is -0.503 e. The van der Waals surface area contributed by atoms with Gasteiger partial charge >= 0.3 is 0 Å². The van der Waals surface area contributed by atoms with Gasteiger partial charge in [0.05, 0.1) is 0 Å². The number of nitrogens with one attached hydrogen (secondary N) is 1. The maximum atomic E-state index is 11.1. The lowest BCUT2D eigenvalue weighted by atomic mass is 10.0. The monoisotopic (exact) mass is 337 g/mol. The van der Waals surface area contributed by atoms with Gasteiger partial charge in [0.25, 0.3) is 5.56 Å². The second-order valence-electron chi connectivity index (χ2n) is 5.56. The Labute approximate surface area is 145 Å². The number of H-pyrrole nitrogens is 1. The number of aromatic hydroxyl groups is 1. The van der Waals surface area contributed by atoms with Crippen LogP contribution in [0.25, 0.3) is 11.1 Å². The molecule has 0 atom stereocenters. The average Bonchev–Trinajstić information content (AvgIpc) is 2.63. The molecule has 2 aromatic carbocycles.